The van der Waals surface area contributed by atoms with Crippen molar-refractivity contribution in [3.05, 3.63) is 94.7 Å². The van der Waals surface area contributed by atoms with E-state index in [9.17, 15) is 32.0 Å². The molecule has 0 radical (unpaired) electrons. The summed E-state index contributed by atoms with van der Waals surface area (Å²) >= 11 is 0. The Hall–Kier alpha value is -6.01. The Bertz CT molecular complexity index is 2510. The van der Waals surface area contributed by atoms with Crippen LogP contribution >= 0.6 is 0 Å². The number of fused-ring (bicyclic) bond motifs is 1. The van der Waals surface area contributed by atoms with Gasteiger partial charge in [0.1, 0.15) is 23.5 Å². The quantitative estimate of drug-likeness (QED) is 0.0610. The molecule has 3 aliphatic rings. The average Bonchev–Trinajstić information content (AvgIpc) is 3.47. The van der Waals surface area contributed by atoms with Gasteiger partial charge in [-0.1, -0.05) is 18.6 Å². The van der Waals surface area contributed by atoms with Gasteiger partial charge in [-0.15, -0.1) is 0 Å². The Balaban J connectivity index is 0.855. The van der Waals surface area contributed by atoms with Gasteiger partial charge in [-0.2, -0.15) is 4.98 Å². The van der Waals surface area contributed by atoms with Gasteiger partial charge < -0.3 is 20.9 Å². The molecule has 5 N–H and O–H groups in total. The second-order valence-electron chi connectivity index (χ2n) is 16.9. The molecule has 0 aliphatic carbocycles. The molecule has 62 heavy (non-hydrogen) atoms. The summed E-state index contributed by atoms with van der Waals surface area (Å²) in [6.45, 7) is 9.55. The molecule has 18 heteroatoms. The van der Waals surface area contributed by atoms with Crippen LogP contribution < -0.4 is 26.0 Å². The standard InChI is InChI=1S/C44H51F2N9O6S/c1-26-25-48-43(52-39(26)49-29-12-14-32(45)35(24-29)53-62(60,61)44(2,3)4)50-28-11-13-30(33(46)23-28)27-17-21-54(22-18-27)20-7-5-6-19-47-34-10-8-9-31-38(34)42(59)55(41(31)58)36-15-16-37(56)51-40(36)57/h8-14,23-25,27,36,47,53H,5-7,15-22H2,1-4H3,(H,51,56,57)(H2,48,49,50,52). The topological polar surface area (TPSA) is 195 Å². The SMILES string of the molecule is Cc1cnc(Nc2ccc(C3CCN(CCCCCNc4cccc5c4C(=O)N(C4CCC(=O)NC4=O)C5=O)CC3)c(F)c2)nc1Nc1ccc(F)c(NS(=O)(=O)C(C)(C)C)c1. The van der Waals surface area contributed by atoms with E-state index in [2.05, 4.69) is 40.9 Å². The molecule has 3 aliphatic heterocycles. The van der Waals surface area contributed by atoms with Gasteiger partial charge in [0.15, 0.2) is 0 Å². The van der Waals surface area contributed by atoms with Gasteiger partial charge in [0, 0.05) is 41.8 Å². The highest BCUT2D eigenvalue weighted by atomic mass is 32.2. The Labute approximate surface area is 359 Å². The van der Waals surface area contributed by atoms with Crippen LogP contribution in [0.5, 0.6) is 0 Å². The van der Waals surface area contributed by atoms with E-state index in [0.29, 0.717) is 40.6 Å². The molecule has 1 aromatic heterocycles. The number of hydrogen-bond acceptors (Lipinski definition) is 12. The summed E-state index contributed by atoms with van der Waals surface area (Å²) in [7, 11) is -3.86. The highest BCUT2D eigenvalue weighted by Gasteiger charge is 2.45. The number of nitrogens with zero attached hydrogens (tertiary/aromatic N) is 4. The van der Waals surface area contributed by atoms with Crippen LogP contribution in [-0.2, 0) is 19.6 Å². The highest BCUT2D eigenvalue weighted by Crippen LogP contribution is 2.34. The second-order valence-corrected chi connectivity index (χ2v) is 19.3. The third kappa shape index (κ3) is 9.70. The van der Waals surface area contributed by atoms with Crippen molar-refractivity contribution >= 4 is 68.2 Å². The van der Waals surface area contributed by atoms with Crippen molar-refractivity contribution in [2.24, 2.45) is 0 Å². The molecule has 1 atom stereocenters. The predicted octanol–water partition coefficient (Wildman–Crippen LogP) is 6.95. The molecule has 0 bridgehead atoms. The van der Waals surface area contributed by atoms with Crippen LogP contribution in [0, 0.1) is 18.6 Å². The number of likely N-dealkylation sites (tertiary alicyclic amines) is 1. The van der Waals surface area contributed by atoms with E-state index in [1.807, 2.05) is 0 Å². The molecule has 0 spiro atoms. The second kappa shape index (κ2) is 18.1. The highest BCUT2D eigenvalue weighted by molar-refractivity contribution is 7.94. The van der Waals surface area contributed by atoms with Gasteiger partial charge >= 0.3 is 0 Å². The van der Waals surface area contributed by atoms with E-state index in [0.717, 1.165) is 62.7 Å². The Kier molecular flexibility index (Phi) is 12.9. The molecule has 328 valence electrons. The summed E-state index contributed by atoms with van der Waals surface area (Å²) in [5.41, 5.74) is 3.05. The minimum absolute atomic E-state index is 0.0638. The average molecular weight is 872 g/mol. The number of imide groups is 2. The number of aromatic nitrogens is 2. The molecule has 4 amide bonds. The van der Waals surface area contributed by atoms with Gasteiger partial charge in [0.05, 0.1) is 21.6 Å². The number of hydrogen-bond donors (Lipinski definition) is 5. The number of sulfonamides is 1. The number of carbonyl (C=O) groups is 4. The van der Waals surface area contributed by atoms with Crippen LogP contribution in [0.4, 0.5) is 43.3 Å². The van der Waals surface area contributed by atoms with Gasteiger partial charge in [0.25, 0.3) is 11.8 Å². The van der Waals surface area contributed by atoms with E-state index in [4.69, 9.17) is 0 Å². The molecule has 7 rings (SSSR count). The number of carbonyl (C=O) groups excluding carboxylic acids is 4. The molecule has 0 saturated carbocycles. The summed E-state index contributed by atoms with van der Waals surface area (Å²) in [4.78, 5) is 62.7. The molecule has 1 unspecified atom stereocenters. The maximum atomic E-state index is 15.6. The number of benzene rings is 3. The Morgan fingerprint density at radius 3 is 2.32 bits per heavy atom. The van der Waals surface area contributed by atoms with Crippen LogP contribution in [0.2, 0.25) is 0 Å². The first-order valence-electron chi connectivity index (χ1n) is 20.8. The zero-order valence-electron chi connectivity index (χ0n) is 35.1. The Morgan fingerprint density at radius 1 is 0.855 bits per heavy atom. The lowest BCUT2D eigenvalue weighted by Crippen LogP contribution is -2.54. The predicted molar refractivity (Wildman–Crippen MR) is 232 cm³/mol. The minimum atomic E-state index is -3.86. The number of amides is 4. The first kappa shape index (κ1) is 44.1. The van der Waals surface area contributed by atoms with Crippen molar-refractivity contribution in [1.29, 1.82) is 0 Å². The van der Waals surface area contributed by atoms with Gasteiger partial charge in [0.2, 0.25) is 27.8 Å². The van der Waals surface area contributed by atoms with Crippen molar-refractivity contribution in [3.63, 3.8) is 0 Å². The lowest BCUT2D eigenvalue weighted by Gasteiger charge is -2.32. The van der Waals surface area contributed by atoms with E-state index >= 15 is 4.39 Å². The molecule has 2 saturated heterocycles. The summed E-state index contributed by atoms with van der Waals surface area (Å²) in [5, 5.41) is 11.7. The molecule has 15 nitrogen and oxygen atoms in total. The van der Waals surface area contributed by atoms with Crippen LogP contribution in [0.25, 0.3) is 0 Å². The third-order valence-electron chi connectivity index (χ3n) is 11.5. The molecule has 3 aromatic carbocycles. The number of nitrogens with one attached hydrogen (secondary N) is 5. The summed E-state index contributed by atoms with van der Waals surface area (Å²) in [6, 6.07) is 13.0. The number of piperidine rings is 2. The van der Waals surface area contributed by atoms with Crippen LogP contribution in [0.15, 0.2) is 60.8 Å². The Morgan fingerprint density at radius 2 is 1.60 bits per heavy atom. The zero-order valence-corrected chi connectivity index (χ0v) is 35.9. The lowest BCUT2D eigenvalue weighted by molar-refractivity contribution is -0.136. The molecular weight excluding hydrogens is 821 g/mol. The summed E-state index contributed by atoms with van der Waals surface area (Å²) in [6.07, 6.45) is 6.16. The third-order valence-corrected chi connectivity index (χ3v) is 13.6. The number of anilines is 6. The monoisotopic (exact) mass is 871 g/mol. The normalized spacial score (nSPS) is 17.5. The fraction of sp³-hybridized carbons (Fsp3) is 0.409. The first-order valence-corrected chi connectivity index (χ1v) is 22.3. The number of rotatable bonds is 15. The minimum Gasteiger partial charge on any atom is -0.384 e. The van der Waals surface area contributed by atoms with Crippen LogP contribution in [-0.4, -0.2) is 88.8 Å². The van der Waals surface area contributed by atoms with E-state index in [1.165, 1.54) is 39.0 Å². The smallest absolute Gasteiger partial charge is 0.264 e. The van der Waals surface area contributed by atoms with Crippen molar-refractivity contribution in [2.45, 2.75) is 89.3 Å². The van der Waals surface area contributed by atoms with Gasteiger partial charge in [-0.05, 0) is 133 Å². The molecule has 4 aromatic rings. The maximum Gasteiger partial charge on any atom is 0.264 e. The number of halogens is 2. The van der Waals surface area contributed by atoms with Crippen molar-refractivity contribution in [1.82, 2.24) is 25.1 Å². The summed E-state index contributed by atoms with van der Waals surface area (Å²) < 4.78 is 56.6. The van der Waals surface area contributed by atoms with Crippen molar-refractivity contribution in [3.8, 4) is 0 Å². The van der Waals surface area contributed by atoms with E-state index < -0.39 is 50.3 Å². The molecule has 4 heterocycles. The first-order chi connectivity index (χ1) is 29.5. The maximum absolute atomic E-state index is 15.6. The van der Waals surface area contributed by atoms with Gasteiger partial charge in [-0.3, -0.25) is 34.1 Å². The van der Waals surface area contributed by atoms with Crippen LogP contribution in [0.1, 0.15) is 103 Å². The number of unbranched alkanes of at least 4 members (excludes halogenated alkanes) is 2. The van der Waals surface area contributed by atoms with E-state index in [1.54, 1.807) is 43.5 Å². The largest absolute Gasteiger partial charge is 0.384 e. The fourth-order valence-electron chi connectivity index (χ4n) is 7.80. The fourth-order valence-corrected chi connectivity index (χ4v) is 8.55. The lowest BCUT2D eigenvalue weighted by atomic mass is 9.89. The van der Waals surface area contributed by atoms with Crippen molar-refractivity contribution in [2.75, 3.05) is 46.9 Å². The molecule has 2 fully saturated rings. The zero-order chi connectivity index (χ0) is 44.3. The van der Waals surface area contributed by atoms with Gasteiger partial charge in [-0.25, -0.2) is 22.2 Å². The van der Waals surface area contributed by atoms with Crippen molar-refractivity contribution < 1.29 is 36.4 Å². The van der Waals surface area contributed by atoms with Crippen LogP contribution in [0.3, 0.4) is 0 Å². The molecular formula is C44H51F2N9O6S. The van der Waals surface area contributed by atoms with E-state index in [-0.39, 0.29) is 47.3 Å². The summed E-state index contributed by atoms with van der Waals surface area (Å²) in [5.74, 6) is -2.48. The number of aryl methyl sites for hydroxylation is 1.